The molecule has 18 heavy (non-hydrogen) atoms. The summed E-state index contributed by atoms with van der Waals surface area (Å²) in [7, 11) is 2.08. The Morgan fingerprint density at radius 3 is 2.44 bits per heavy atom. The van der Waals surface area contributed by atoms with Crippen LogP contribution in [0.1, 0.15) is 32.8 Å². The smallest absolute Gasteiger partial charge is 0.0366 e. The second-order valence-electron chi connectivity index (χ2n) is 6.06. The van der Waals surface area contributed by atoms with E-state index in [-0.39, 0.29) is 0 Å². The van der Waals surface area contributed by atoms with Gasteiger partial charge in [0.05, 0.1) is 0 Å². The molecule has 0 amide bonds. The Labute approximate surface area is 111 Å². The van der Waals surface area contributed by atoms with Gasteiger partial charge < -0.3 is 10.2 Å². The molecule has 1 aliphatic rings. The summed E-state index contributed by atoms with van der Waals surface area (Å²) in [6, 6.07) is 9.69. The molecule has 0 radical (unpaired) electrons. The van der Waals surface area contributed by atoms with Gasteiger partial charge in [0.1, 0.15) is 0 Å². The third-order valence-electron chi connectivity index (χ3n) is 4.29. The molecule has 100 valence electrons. The van der Waals surface area contributed by atoms with Crippen molar-refractivity contribution in [1.29, 1.82) is 0 Å². The van der Waals surface area contributed by atoms with Crippen molar-refractivity contribution in [2.75, 3.05) is 25.0 Å². The first kappa shape index (κ1) is 13.4. The van der Waals surface area contributed by atoms with Crippen LogP contribution < -0.4 is 10.2 Å². The maximum atomic E-state index is 3.46. The first-order chi connectivity index (χ1) is 8.56. The fraction of sp³-hybridized carbons (Fsp3) is 0.625. The lowest BCUT2D eigenvalue weighted by atomic mass is 9.79. The number of rotatable bonds is 3. The van der Waals surface area contributed by atoms with Crippen LogP contribution >= 0.6 is 0 Å². The molecule has 2 nitrogen and oxygen atoms in total. The van der Waals surface area contributed by atoms with Crippen molar-refractivity contribution < 1.29 is 0 Å². The van der Waals surface area contributed by atoms with Gasteiger partial charge in [-0.15, -0.1) is 0 Å². The van der Waals surface area contributed by atoms with E-state index in [0.717, 1.165) is 19.5 Å². The molecule has 2 heteroatoms. The van der Waals surface area contributed by atoms with Crippen LogP contribution in [-0.4, -0.2) is 26.2 Å². The summed E-state index contributed by atoms with van der Waals surface area (Å²) in [6.45, 7) is 9.21. The van der Waals surface area contributed by atoms with Gasteiger partial charge in [-0.3, -0.25) is 0 Å². The number of hydrogen-bond donors (Lipinski definition) is 1. The van der Waals surface area contributed by atoms with Crippen LogP contribution in [0.3, 0.4) is 0 Å². The maximum Gasteiger partial charge on any atom is 0.0366 e. The van der Waals surface area contributed by atoms with E-state index in [1.807, 2.05) is 0 Å². The second-order valence-corrected chi connectivity index (χ2v) is 6.06. The second kappa shape index (κ2) is 5.31. The lowest BCUT2D eigenvalue weighted by Crippen LogP contribution is -2.53. The van der Waals surface area contributed by atoms with E-state index in [2.05, 4.69) is 62.3 Å². The highest BCUT2D eigenvalue weighted by molar-refractivity contribution is 5.48. The Morgan fingerprint density at radius 2 is 1.94 bits per heavy atom. The Balaban J connectivity index is 2.10. The summed E-state index contributed by atoms with van der Waals surface area (Å²) in [5, 5.41) is 3.46. The Kier molecular flexibility index (Phi) is 3.96. The number of anilines is 1. The molecule has 2 rings (SSSR count). The molecule has 1 atom stereocenters. The summed E-state index contributed by atoms with van der Waals surface area (Å²) in [5.74, 6) is 0. The topological polar surface area (TPSA) is 15.3 Å². The molecular weight excluding hydrogens is 220 g/mol. The van der Waals surface area contributed by atoms with Crippen LogP contribution in [0.5, 0.6) is 0 Å². The zero-order chi connectivity index (χ0) is 13.2. The van der Waals surface area contributed by atoms with Crippen LogP contribution in [0.4, 0.5) is 5.69 Å². The third kappa shape index (κ3) is 2.69. The molecule has 1 N–H and O–H groups in total. The summed E-state index contributed by atoms with van der Waals surface area (Å²) < 4.78 is 0. The van der Waals surface area contributed by atoms with Gasteiger partial charge in [0.2, 0.25) is 0 Å². The molecule has 1 saturated heterocycles. The fourth-order valence-corrected chi connectivity index (χ4v) is 3.05. The molecule has 0 spiro atoms. The largest absolute Gasteiger partial charge is 0.371 e. The van der Waals surface area contributed by atoms with E-state index in [0.29, 0.717) is 11.5 Å². The number of nitrogens with one attached hydrogen (secondary N) is 1. The predicted octanol–water partition coefficient (Wildman–Crippen LogP) is 3.07. The van der Waals surface area contributed by atoms with E-state index >= 15 is 0 Å². The van der Waals surface area contributed by atoms with Crippen LogP contribution in [-0.2, 0) is 6.42 Å². The van der Waals surface area contributed by atoms with Crippen LogP contribution in [0.2, 0.25) is 0 Å². The van der Waals surface area contributed by atoms with Gasteiger partial charge in [0.25, 0.3) is 0 Å². The number of hydrogen-bond acceptors (Lipinski definition) is 2. The molecule has 1 unspecified atom stereocenters. The third-order valence-corrected chi connectivity index (χ3v) is 4.29. The standard InChI is InChI=1S/C16H26N2/c1-5-13-6-8-14(9-7-13)18-11-10-15(17-4)16(2,3)12-18/h6-9,15,17H,5,10-12H2,1-4H3. The van der Waals surface area contributed by atoms with Crippen molar-refractivity contribution in [3.05, 3.63) is 29.8 Å². The highest BCUT2D eigenvalue weighted by Gasteiger charge is 2.34. The van der Waals surface area contributed by atoms with Gasteiger partial charge in [-0.05, 0) is 43.0 Å². The van der Waals surface area contributed by atoms with Crippen molar-refractivity contribution in [3.63, 3.8) is 0 Å². The van der Waals surface area contributed by atoms with Gasteiger partial charge in [0.15, 0.2) is 0 Å². The number of aryl methyl sites for hydroxylation is 1. The minimum absolute atomic E-state index is 0.330. The number of nitrogens with zero attached hydrogens (tertiary/aromatic N) is 1. The molecule has 1 aromatic carbocycles. The van der Waals surface area contributed by atoms with Crippen LogP contribution in [0.25, 0.3) is 0 Å². The Bertz CT molecular complexity index is 381. The van der Waals surface area contributed by atoms with Crippen LogP contribution in [0, 0.1) is 5.41 Å². The van der Waals surface area contributed by atoms with Crippen molar-refractivity contribution in [3.8, 4) is 0 Å². The maximum absolute atomic E-state index is 3.46. The van der Waals surface area contributed by atoms with Crippen molar-refractivity contribution in [1.82, 2.24) is 5.32 Å². The quantitative estimate of drug-likeness (QED) is 0.881. The Morgan fingerprint density at radius 1 is 1.28 bits per heavy atom. The molecule has 0 aliphatic carbocycles. The summed E-state index contributed by atoms with van der Waals surface area (Å²) in [4.78, 5) is 2.52. The van der Waals surface area contributed by atoms with E-state index in [1.54, 1.807) is 0 Å². The fourth-order valence-electron chi connectivity index (χ4n) is 3.05. The first-order valence-electron chi connectivity index (χ1n) is 7.08. The van der Waals surface area contributed by atoms with Gasteiger partial charge in [-0.25, -0.2) is 0 Å². The molecule has 1 heterocycles. The Hall–Kier alpha value is -1.02. The lowest BCUT2D eigenvalue weighted by molar-refractivity contribution is 0.215. The molecule has 1 fully saturated rings. The van der Waals surface area contributed by atoms with E-state index in [9.17, 15) is 0 Å². The van der Waals surface area contributed by atoms with Crippen molar-refractivity contribution in [2.24, 2.45) is 5.41 Å². The van der Waals surface area contributed by atoms with Gasteiger partial charge >= 0.3 is 0 Å². The van der Waals surface area contributed by atoms with Crippen LogP contribution in [0.15, 0.2) is 24.3 Å². The summed E-state index contributed by atoms with van der Waals surface area (Å²) in [5.41, 5.74) is 3.12. The minimum Gasteiger partial charge on any atom is -0.371 e. The normalized spacial score (nSPS) is 23.1. The number of piperidine rings is 1. The minimum atomic E-state index is 0.330. The highest BCUT2D eigenvalue weighted by Crippen LogP contribution is 2.32. The average molecular weight is 246 g/mol. The highest BCUT2D eigenvalue weighted by atomic mass is 15.2. The predicted molar refractivity (Wildman–Crippen MR) is 79.3 cm³/mol. The lowest BCUT2D eigenvalue weighted by Gasteiger charge is -2.45. The van der Waals surface area contributed by atoms with Crippen molar-refractivity contribution in [2.45, 2.75) is 39.7 Å². The van der Waals surface area contributed by atoms with E-state index in [4.69, 9.17) is 0 Å². The molecule has 0 saturated carbocycles. The van der Waals surface area contributed by atoms with Gasteiger partial charge in [-0.2, -0.15) is 0 Å². The van der Waals surface area contributed by atoms with E-state index in [1.165, 1.54) is 17.7 Å². The molecule has 1 aliphatic heterocycles. The zero-order valence-corrected chi connectivity index (χ0v) is 12.2. The van der Waals surface area contributed by atoms with E-state index < -0.39 is 0 Å². The zero-order valence-electron chi connectivity index (χ0n) is 12.2. The first-order valence-corrected chi connectivity index (χ1v) is 7.08. The average Bonchev–Trinajstić information content (AvgIpc) is 2.37. The number of benzene rings is 1. The summed E-state index contributed by atoms with van der Waals surface area (Å²) in [6.07, 6.45) is 2.34. The molecular formula is C16H26N2. The SMILES string of the molecule is CCc1ccc(N2CCC(NC)C(C)(C)C2)cc1. The molecule has 0 aromatic heterocycles. The van der Waals surface area contributed by atoms with Gasteiger partial charge in [0, 0.05) is 24.8 Å². The molecule has 1 aromatic rings. The van der Waals surface area contributed by atoms with Crippen molar-refractivity contribution >= 4 is 5.69 Å². The summed E-state index contributed by atoms with van der Waals surface area (Å²) >= 11 is 0. The molecule has 0 bridgehead atoms. The van der Waals surface area contributed by atoms with Gasteiger partial charge in [-0.1, -0.05) is 32.9 Å². The monoisotopic (exact) mass is 246 g/mol.